The summed E-state index contributed by atoms with van der Waals surface area (Å²) in [6.45, 7) is 3.18. The third-order valence-electron chi connectivity index (χ3n) is 4.11. The zero-order chi connectivity index (χ0) is 16.5. The van der Waals surface area contributed by atoms with Crippen LogP contribution < -0.4 is 20.1 Å². The molecule has 0 bridgehead atoms. The Hall–Kier alpha value is -2.40. The maximum atomic E-state index is 6.27. The zero-order valence-electron chi connectivity index (χ0n) is 13.3. The van der Waals surface area contributed by atoms with E-state index in [0.29, 0.717) is 13.2 Å². The van der Waals surface area contributed by atoms with Crippen LogP contribution in [0.25, 0.3) is 0 Å². The Morgan fingerprint density at radius 2 is 2.04 bits per heavy atom. The SMILES string of the molecule is CC1NC(NCC2COc3ccccc3O2)=Nc2cccc(Cl)c21. The molecule has 0 saturated heterocycles. The second kappa shape index (κ2) is 6.24. The van der Waals surface area contributed by atoms with Gasteiger partial charge in [0.15, 0.2) is 17.5 Å². The largest absolute Gasteiger partial charge is 0.486 e. The number of benzene rings is 2. The van der Waals surface area contributed by atoms with Crippen molar-refractivity contribution in [2.75, 3.05) is 13.2 Å². The highest BCUT2D eigenvalue weighted by Crippen LogP contribution is 2.34. The van der Waals surface area contributed by atoms with Crippen LogP contribution in [-0.4, -0.2) is 25.2 Å². The lowest BCUT2D eigenvalue weighted by Crippen LogP contribution is -2.46. The number of hydrogen-bond acceptors (Lipinski definition) is 5. The van der Waals surface area contributed by atoms with Crippen LogP contribution >= 0.6 is 11.6 Å². The van der Waals surface area contributed by atoms with Gasteiger partial charge in [-0.1, -0.05) is 29.8 Å². The van der Waals surface area contributed by atoms with Gasteiger partial charge in [-0.15, -0.1) is 0 Å². The molecule has 2 aromatic rings. The standard InChI is InChI=1S/C18H18ClN3O2/c1-11-17-13(19)5-4-6-14(17)22-18(21-11)20-9-12-10-23-15-7-2-3-8-16(15)24-12/h2-8,11-12H,9-10H2,1H3,(H2,20,21,22). The van der Waals surface area contributed by atoms with Gasteiger partial charge in [0.1, 0.15) is 12.7 Å². The number of guanidine groups is 1. The van der Waals surface area contributed by atoms with Gasteiger partial charge in [-0.25, -0.2) is 4.99 Å². The summed E-state index contributed by atoms with van der Waals surface area (Å²) in [5.41, 5.74) is 1.92. The predicted octanol–water partition coefficient (Wildman–Crippen LogP) is 3.42. The molecule has 2 aromatic carbocycles. The van der Waals surface area contributed by atoms with E-state index >= 15 is 0 Å². The van der Waals surface area contributed by atoms with E-state index < -0.39 is 0 Å². The van der Waals surface area contributed by atoms with Crippen molar-refractivity contribution in [3.63, 3.8) is 0 Å². The number of halogens is 1. The highest BCUT2D eigenvalue weighted by Gasteiger charge is 2.23. The summed E-state index contributed by atoms with van der Waals surface area (Å²) in [6.07, 6.45) is -0.0690. The number of ether oxygens (including phenoxy) is 2. The Bertz CT molecular complexity index is 794. The average Bonchev–Trinajstić information content (AvgIpc) is 2.59. The van der Waals surface area contributed by atoms with Crippen LogP contribution in [0.15, 0.2) is 47.5 Å². The minimum absolute atomic E-state index is 0.0690. The zero-order valence-corrected chi connectivity index (χ0v) is 14.0. The van der Waals surface area contributed by atoms with Crippen molar-refractivity contribution in [1.29, 1.82) is 0 Å². The highest BCUT2D eigenvalue weighted by atomic mass is 35.5. The molecule has 2 aliphatic rings. The molecule has 5 nitrogen and oxygen atoms in total. The van der Waals surface area contributed by atoms with E-state index in [1.54, 1.807) is 0 Å². The van der Waals surface area contributed by atoms with Gasteiger partial charge in [-0.2, -0.15) is 0 Å². The first kappa shape index (κ1) is 15.1. The summed E-state index contributed by atoms with van der Waals surface area (Å²) in [7, 11) is 0. The van der Waals surface area contributed by atoms with Crippen LogP contribution in [0.3, 0.4) is 0 Å². The molecule has 0 amide bonds. The van der Waals surface area contributed by atoms with E-state index in [1.165, 1.54) is 0 Å². The molecule has 2 heterocycles. The Kier molecular flexibility index (Phi) is 3.94. The van der Waals surface area contributed by atoms with E-state index in [9.17, 15) is 0 Å². The van der Waals surface area contributed by atoms with Gasteiger partial charge in [0, 0.05) is 10.6 Å². The molecule has 2 N–H and O–H groups in total. The van der Waals surface area contributed by atoms with E-state index in [2.05, 4.69) is 22.5 Å². The summed E-state index contributed by atoms with van der Waals surface area (Å²) < 4.78 is 11.7. The normalized spacial score (nSPS) is 21.3. The second-order valence-electron chi connectivity index (χ2n) is 5.88. The molecule has 2 atom stereocenters. The second-order valence-corrected chi connectivity index (χ2v) is 6.28. The Morgan fingerprint density at radius 3 is 2.92 bits per heavy atom. The average molecular weight is 344 g/mol. The molecule has 0 radical (unpaired) electrons. The molecule has 0 aliphatic carbocycles. The number of fused-ring (bicyclic) bond motifs is 2. The Balaban J connectivity index is 1.44. The first-order valence-corrected chi connectivity index (χ1v) is 8.34. The molecule has 24 heavy (non-hydrogen) atoms. The van der Waals surface area contributed by atoms with Gasteiger partial charge >= 0.3 is 0 Å². The number of nitrogens with one attached hydrogen (secondary N) is 2. The topological polar surface area (TPSA) is 54.9 Å². The minimum atomic E-state index is -0.0690. The Morgan fingerprint density at radius 1 is 1.21 bits per heavy atom. The van der Waals surface area contributed by atoms with Crippen LogP contribution in [-0.2, 0) is 0 Å². The highest BCUT2D eigenvalue weighted by molar-refractivity contribution is 6.31. The number of rotatable bonds is 2. The van der Waals surface area contributed by atoms with E-state index in [0.717, 1.165) is 33.7 Å². The third kappa shape index (κ3) is 2.87. The molecule has 0 aromatic heterocycles. The van der Waals surface area contributed by atoms with Crippen molar-refractivity contribution < 1.29 is 9.47 Å². The Labute approximate surface area is 145 Å². The maximum Gasteiger partial charge on any atom is 0.197 e. The molecule has 0 saturated carbocycles. The smallest absolute Gasteiger partial charge is 0.197 e. The molecule has 4 rings (SSSR count). The van der Waals surface area contributed by atoms with Gasteiger partial charge in [0.25, 0.3) is 0 Å². The fourth-order valence-corrected chi connectivity index (χ4v) is 3.28. The third-order valence-corrected chi connectivity index (χ3v) is 4.44. The number of para-hydroxylation sites is 2. The van der Waals surface area contributed by atoms with Crippen molar-refractivity contribution in [2.45, 2.75) is 19.1 Å². The summed E-state index contributed by atoms with van der Waals surface area (Å²) >= 11 is 6.27. The summed E-state index contributed by atoms with van der Waals surface area (Å²) in [5, 5.41) is 7.37. The minimum Gasteiger partial charge on any atom is -0.486 e. The van der Waals surface area contributed by atoms with Gasteiger partial charge in [0.05, 0.1) is 18.3 Å². The summed E-state index contributed by atoms with van der Waals surface area (Å²) in [4.78, 5) is 4.60. The van der Waals surface area contributed by atoms with Gasteiger partial charge in [-0.3, -0.25) is 0 Å². The van der Waals surface area contributed by atoms with Crippen molar-refractivity contribution in [2.24, 2.45) is 4.99 Å². The van der Waals surface area contributed by atoms with Crippen LogP contribution in [0.5, 0.6) is 11.5 Å². The van der Waals surface area contributed by atoms with E-state index in [1.807, 2.05) is 42.5 Å². The summed E-state index contributed by atoms with van der Waals surface area (Å²) in [5.74, 6) is 2.29. The van der Waals surface area contributed by atoms with E-state index in [4.69, 9.17) is 21.1 Å². The predicted molar refractivity (Wildman–Crippen MR) is 94.5 cm³/mol. The van der Waals surface area contributed by atoms with Crippen molar-refractivity contribution in [1.82, 2.24) is 10.6 Å². The molecule has 124 valence electrons. The van der Waals surface area contributed by atoms with E-state index in [-0.39, 0.29) is 12.1 Å². The molecule has 2 unspecified atom stereocenters. The van der Waals surface area contributed by atoms with Crippen molar-refractivity contribution in [3.05, 3.63) is 53.1 Å². The number of aliphatic imine (C=N–C) groups is 1. The molecule has 0 fully saturated rings. The van der Waals surface area contributed by atoms with Crippen LogP contribution in [0.4, 0.5) is 5.69 Å². The van der Waals surface area contributed by atoms with Gasteiger partial charge in [0.2, 0.25) is 0 Å². The van der Waals surface area contributed by atoms with Crippen molar-refractivity contribution >= 4 is 23.2 Å². The lowest BCUT2D eigenvalue weighted by molar-refractivity contribution is 0.0936. The first-order valence-electron chi connectivity index (χ1n) is 7.96. The van der Waals surface area contributed by atoms with Crippen molar-refractivity contribution in [3.8, 4) is 11.5 Å². The van der Waals surface area contributed by atoms with Crippen LogP contribution in [0.1, 0.15) is 18.5 Å². The monoisotopic (exact) mass is 343 g/mol. The molecule has 2 aliphatic heterocycles. The van der Waals surface area contributed by atoms with Crippen LogP contribution in [0, 0.1) is 0 Å². The lowest BCUT2D eigenvalue weighted by atomic mass is 10.1. The molecular formula is C18H18ClN3O2. The number of hydrogen-bond donors (Lipinski definition) is 2. The number of nitrogens with zero attached hydrogens (tertiary/aromatic N) is 1. The van der Waals surface area contributed by atoms with Gasteiger partial charge in [-0.05, 0) is 31.2 Å². The van der Waals surface area contributed by atoms with Gasteiger partial charge < -0.3 is 20.1 Å². The fraction of sp³-hybridized carbons (Fsp3) is 0.278. The maximum absolute atomic E-state index is 6.27. The first-order chi connectivity index (χ1) is 11.7. The molecular weight excluding hydrogens is 326 g/mol. The molecule has 0 spiro atoms. The van der Waals surface area contributed by atoms with Crippen LogP contribution in [0.2, 0.25) is 5.02 Å². The summed E-state index contributed by atoms with van der Waals surface area (Å²) in [6, 6.07) is 13.6. The molecule has 6 heteroatoms. The fourth-order valence-electron chi connectivity index (χ4n) is 2.95. The lowest BCUT2D eigenvalue weighted by Gasteiger charge is -2.29. The quantitative estimate of drug-likeness (QED) is 0.877.